The largest absolute Gasteiger partial charge is 0.460 e. The molecule has 2 rings (SSSR count). The Morgan fingerprint density at radius 3 is 2.67 bits per heavy atom. The molecule has 0 saturated heterocycles. The lowest BCUT2D eigenvalue weighted by Crippen LogP contribution is -2.28. The van der Waals surface area contributed by atoms with E-state index in [1.54, 1.807) is 0 Å². The second-order valence-electron chi connectivity index (χ2n) is 4.54. The molecule has 0 fully saturated rings. The van der Waals surface area contributed by atoms with Crippen LogP contribution in [0.2, 0.25) is 5.02 Å². The minimum atomic E-state index is 0.162. The van der Waals surface area contributed by atoms with Crippen molar-refractivity contribution in [1.29, 1.82) is 0 Å². The number of hydrogen-bond donors (Lipinski definition) is 3. The first-order valence-corrected chi connectivity index (χ1v) is 7.94. The van der Waals surface area contributed by atoms with Crippen molar-refractivity contribution in [3.8, 4) is 11.3 Å². The van der Waals surface area contributed by atoms with Crippen LogP contribution < -0.4 is 10.6 Å². The maximum Gasteiger partial charge on any atom is 0.135 e. The lowest BCUT2D eigenvalue weighted by molar-refractivity contribution is 0.292. The van der Waals surface area contributed by atoms with E-state index in [0.29, 0.717) is 18.1 Å². The van der Waals surface area contributed by atoms with Crippen LogP contribution in [0.15, 0.2) is 39.2 Å². The van der Waals surface area contributed by atoms with Crippen molar-refractivity contribution in [3.63, 3.8) is 0 Å². The minimum Gasteiger partial charge on any atom is -0.460 e. The number of benzene rings is 1. The third-order valence-electron chi connectivity index (χ3n) is 2.92. The van der Waals surface area contributed by atoms with Gasteiger partial charge in [-0.1, -0.05) is 27.5 Å². The highest BCUT2D eigenvalue weighted by Crippen LogP contribution is 2.31. The van der Waals surface area contributed by atoms with Crippen molar-refractivity contribution in [1.82, 2.24) is 10.6 Å². The smallest absolute Gasteiger partial charge is 0.135 e. The molecule has 6 heteroatoms. The van der Waals surface area contributed by atoms with Crippen molar-refractivity contribution in [3.05, 3.63) is 45.6 Å². The van der Waals surface area contributed by atoms with Gasteiger partial charge in [0.25, 0.3) is 0 Å². The fourth-order valence-electron chi connectivity index (χ4n) is 1.90. The van der Waals surface area contributed by atoms with Gasteiger partial charge in [0.1, 0.15) is 11.5 Å². The van der Waals surface area contributed by atoms with Crippen LogP contribution in [0.5, 0.6) is 0 Å². The monoisotopic (exact) mass is 372 g/mol. The number of nitrogens with one attached hydrogen (secondary N) is 2. The molecule has 0 radical (unpaired) electrons. The summed E-state index contributed by atoms with van der Waals surface area (Å²) in [5.41, 5.74) is 0.885. The van der Waals surface area contributed by atoms with E-state index in [0.717, 1.165) is 34.6 Å². The minimum absolute atomic E-state index is 0.162. The van der Waals surface area contributed by atoms with E-state index in [4.69, 9.17) is 21.1 Å². The third-order valence-corrected chi connectivity index (χ3v) is 3.73. The van der Waals surface area contributed by atoms with E-state index in [2.05, 4.69) is 26.6 Å². The Morgan fingerprint density at radius 2 is 1.90 bits per heavy atom. The van der Waals surface area contributed by atoms with Crippen molar-refractivity contribution in [2.45, 2.75) is 6.54 Å². The molecule has 114 valence electrons. The lowest BCUT2D eigenvalue weighted by atomic mass is 10.2. The Morgan fingerprint density at radius 1 is 1.10 bits per heavy atom. The van der Waals surface area contributed by atoms with Gasteiger partial charge in [-0.05, 0) is 30.3 Å². The molecule has 0 aliphatic carbocycles. The first-order chi connectivity index (χ1) is 10.2. The van der Waals surface area contributed by atoms with Gasteiger partial charge >= 0.3 is 0 Å². The van der Waals surface area contributed by atoms with Gasteiger partial charge in [0, 0.05) is 29.7 Å². The number of aliphatic hydroxyl groups excluding tert-OH is 1. The summed E-state index contributed by atoms with van der Waals surface area (Å²) < 4.78 is 6.74. The zero-order valence-electron chi connectivity index (χ0n) is 11.5. The second-order valence-corrected chi connectivity index (χ2v) is 5.86. The maximum atomic E-state index is 8.64. The SMILES string of the molecule is OCCNCCNCc1ccc(-c2ccc(Br)cc2Cl)o1. The van der Waals surface area contributed by atoms with E-state index in [9.17, 15) is 0 Å². The number of furan rings is 1. The van der Waals surface area contributed by atoms with Gasteiger partial charge in [0.2, 0.25) is 0 Å². The summed E-state index contributed by atoms with van der Waals surface area (Å²) in [5, 5.41) is 15.7. The van der Waals surface area contributed by atoms with E-state index in [1.807, 2.05) is 30.3 Å². The first kappa shape index (κ1) is 16.5. The quantitative estimate of drug-likeness (QED) is 0.623. The average molecular weight is 374 g/mol. The number of hydrogen-bond acceptors (Lipinski definition) is 4. The van der Waals surface area contributed by atoms with Gasteiger partial charge in [-0.2, -0.15) is 0 Å². The summed E-state index contributed by atoms with van der Waals surface area (Å²) in [6.45, 7) is 3.07. The van der Waals surface area contributed by atoms with Crippen LogP contribution >= 0.6 is 27.5 Å². The summed E-state index contributed by atoms with van der Waals surface area (Å²) in [7, 11) is 0. The average Bonchev–Trinajstić information content (AvgIpc) is 2.91. The summed E-state index contributed by atoms with van der Waals surface area (Å²) in [6.07, 6.45) is 0. The van der Waals surface area contributed by atoms with E-state index >= 15 is 0 Å². The van der Waals surface area contributed by atoms with Crippen LogP contribution in [0.4, 0.5) is 0 Å². The molecular weight excluding hydrogens is 356 g/mol. The van der Waals surface area contributed by atoms with E-state index in [1.165, 1.54) is 0 Å². The van der Waals surface area contributed by atoms with E-state index < -0.39 is 0 Å². The molecule has 1 aromatic carbocycles. The molecule has 3 N–H and O–H groups in total. The topological polar surface area (TPSA) is 57.4 Å². The second kappa shape index (κ2) is 8.56. The fraction of sp³-hybridized carbons (Fsp3) is 0.333. The normalized spacial score (nSPS) is 11.0. The molecule has 0 aliphatic heterocycles. The predicted octanol–water partition coefficient (Wildman–Crippen LogP) is 3.03. The third kappa shape index (κ3) is 5.13. The Labute approximate surface area is 137 Å². The standard InChI is InChI=1S/C15H18BrClN2O2/c16-11-1-3-13(14(17)9-11)15-4-2-12(21-15)10-19-6-5-18-7-8-20/h1-4,9,18-20H,5-8,10H2. The highest BCUT2D eigenvalue weighted by atomic mass is 79.9. The number of rotatable bonds is 8. The highest BCUT2D eigenvalue weighted by molar-refractivity contribution is 9.10. The molecule has 2 aromatic rings. The van der Waals surface area contributed by atoms with Gasteiger partial charge < -0.3 is 20.2 Å². The molecule has 0 bridgehead atoms. The zero-order chi connectivity index (χ0) is 15.1. The molecule has 4 nitrogen and oxygen atoms in total. The summed E-state index contributed by atoms with van der Waals surface area (Å²) in [6, 6.07) is 9.60. The summed E-state index contributed by atoms with van der Waals surface area (Å²) >= 11 is 9.60. The number of halogens is 2. The van der Waals surface area contributed by atoms with Gasteiger partial charge in [0.15, 0.2) is 0 Å². The van der Waals surface area contributed by atoms with Gasteiger partial charge in [-0.25, -0.2) is 0 Å². The Hall–Kier alpha value is -0.850. The summed E-state index contributed by atoms with van der Waals surface area (Å²) in [4.78, 5) is 0. The van der Waals surface area contributed by atoms with Gasteiger partial charge in [-0.15, -0.1) is 0 Å². The Balaban J connectivity index is 1.86. The van der Waals surface area contributed by atoms with E-state index in [-0.39, 0.29) is 6.61 Å². The van der Waals surface area contributed by atoms with Crippen LogP contribution in [0.25, 0.3) is 11.3 Å². The van der Waals surface area contributed by atoms with Crippen LogP contribution in [0.1, 0.15) is 5.76 Å². The first-order valence-electron chi connectivity index (χ1n) is 6.77. The van der Waals surface area contributed by atoms with Crippen LogP contribution in [0, 0.1) is 0 Å². The number of aliphatic hydroxyl groups is 1. The molecule has 1 aromatic heterocycles. The van der Waals surface area contributed by atoms with Crippen LogP contribution in [-0.2, 0) is 6.54 Å². The maximum absolute atomic E-state index is 8.64. The van der Waals surface area contributed by atoms with Crippen molar-refractivity contribution in [2.24, 2.45) is 0 Å². The Bertz CT molecular complexity index is 575. The zero-order valence-corrected chi connectivity index (χ0v) is 13.9. The highest BCUT2D eigenvalue weighted by Gasteiger charge is 2.08. The molecule has 0 amide bonds. The lowest BCUT2D eigenvalue weighted by Gasteiger charge is -2.04. The Kier molecular flexibility index (Phi) is 6.73. The van der Waals surface area contributed by atoms with Crippen LogP contribution in [-0.4, -0.2) is 31.3 Å². The van der Waals surface area contributed by atoms with Crippen molar-refractivity contribution in [2.75, 3.05) is 26.2 Å². The predicted molar refractivity (Wildman–Crippen MR) is 88.5 cm³/mol. The molecule has 1 heterocycles. The van der Waals surface area contributed by atoms with Gasteiger partial charge in [-0.3, -0.25) is 0 Å². The molecule has 0 saturated carbocycles. The van der Waals surface area contributed by atoms with Crippen molar-refractivity contribution < 1.29 is 9.52 Å². The molecule has 21 heavy (non-hydrogen) atoms. The molecule has 0 unspecified atom stereocenters. The van der Waals surface area contributed by atoms with Crippen molar-refractivity contribution >= 4 is 27.5 Å². The van der Waals surface area contributed by atoms with Crippen LogP contribution in [0.3, 0.4) is 0 Å². The fourth-order valence-corrected chi connectivity index (χ4v) is 2.67. The molecule has 0 atom stereocenters. The molecule has 0 spiro atoms. The van der Waals surface area contributed by atoms with Gasteiger partial charge in [0.05, 0.1) is 18.2 Å². The summed E-state index contributed by atoms with van der Waals surface area (Å²) in [5.74, 6) is 1.63. The molecule has 0 aliphatic rings. The molecular formula is C15H18BrClN2O2.